The van der Waals surface area contributed by atoms with Crippen LogP contribution in [0.15, 0.2) is 0 Å². The van der Waals surface area contributed by atoms with Gasteiger partial charge < -0.3 is 4.74 Å². The highest BCUT2D eigenvalue weighted by atomic mass is 16.5. The Labute approximate surface area is 74.9 Å². The second-order valence-corrected chi connectivity index (χ2v) is 3.08. The van der Waals surface area contributed by atoms with Gasteiger partial charge in [0.2, 0.25) is 0 Å². The fourth-order valence-electron chi connectivity index (χ4n) is 1.64. The molecule has 12 heavy (non-hydrogen) atoms. The molecule has 0 aliphatic carbocycles. The van der Waals surface area contributed by atoms with Gasteiger partial charge in [0.25, 0.3) is 0 Å². The van der Waals surface area contributed by atoms with E-state index in [0.717, 1.165) is 19.7 Å². The zero-order valence-electron chi connectivity index (χ0n) is 7.68. The lowest BCUT2D eigenvalue weighted by Gasteiger charge is -2.20. The monoisotopic (exact) mass is 166 g/mol. The summed E-state index contributed by atoms with van der Waals surface area (Å²) in [7, 11) is 1.75. The van der Waals surface area contributed by atoms with Crippen LogP contribution in [-0.2, 0) is 4.74 Å². The summed E-state index contributed by atoms with van der Waals surface area (Å²) in [6.45, 7) is 6.33. The summed E-state index contributed by atoms with van der Waals surface area (Å²) in [4.78, 5) is 2.36. The first-order valence-electron chi connectivity index (χ1n) is 4.36. The molecule has 0 spiro atoms. The number of hydrogen-bond donors (Lipinski definition) is 0. The minimum atomic E-state index is 0.579. The second kappa shape index (κ2) is 5.18. The number of hydrogen-bond acceptors (Lipinski definition) is 2. The highest BCUT2D eigenvalue weighted by Gasteiger charge is 2.22. The molecule has 0 saturated carbocycles. The van der Waals surface area contributed by atoms with Crippen LogP contribution in [-0.4, -0.2) is 37.7 Å². The molecule has 0 aromatic rings. The smallest absolute Gasteiger partial charge is 0.0618 e. The third-order valence-electron chi connectivity index (χ3n) is 2.27. The van der Waals surface area contributed by atoms with E-state index in [1.165, 1.54) is 12.8 Å². The van der Waals surface area contributed by atoms with E-state index < -0.39 is 0 Å². The van der Waals surface area contributed by atoms with E-state index in [1.54, 1.807) is 7.11 Å². The first kappa shape index (κ1) is 9.57. The molecule has 0 amide bonds. The molecule has 0 bridgehead atoms. The van der Waals surface area contributed by atoms with Crippen molar-refractivity contribution in [1.82, 2.24) is 4.90 Å². The maximum atomic E-state index is 5.13. The van der Waals surface area contributed by atoms with Gasteiger partial charge in [-0.05, 0) is 19.4 Å². The second-order valence-electron chi connectivity index (χ2n) is 3.08. The molecule has 1 aliphatic heterocycles. The van der Waals surface area contributed by atoms with E-state index in [-0.39, 0.29) is 0 Å². The van der Waals surface area contributed by atoms with E-state index in [2.05, 4.69) is 23.7 Å². The highest BCUT2D eigenvalue weighted by molar-refractivity contribution is 5.04. The summed E-state index contributed by atoms with van der Waals surface area (Å²) in [6, 6.07) is 0.579. The molecule has 2 heteroatoms. The van der Waals surface area contributed by atoms with Crippen LogP contribution in [0.5, 0.6) is 0 Å². The zero-order chi connectivity index (χ0) is 8.81. The predicted molar refractivity (Wildman–Crippen MR) is 49.6 cm³/mol. The minimum absolute atomic E-state index is 0.579. The first-order valence-corrected chi connectivity index (χ1v) is 4.36. The lowest BCUT2D eigenvalue weighted by atomic mass is 10.2. The van der Waals surface area contributed by atoms with Gasteiger partial charge in [-0.3, -0.25) is 4.90 Å². The van der Waals surface area contributed by atoms with Gasteiger partial charge in [0.15, 0.2) is 0 Å². The SMILES string of the molecule is [CH2]C#CCN1CCCC1COC. The summed E-state index contributed by atoms with van der Waals surface area (Å²) in [5.41, 5.74) is 0. The number of likely N-dealkylation sites (tertiary alicyclic amines) is 1. The van der Waals surface area contributed by atoms with Gasteiger partial charge in [0.05, 0.1) is 13.2 Å². The average molecular weight is 166 g/mol. The van der Waals surface area contributed by atoms with Gasteiger partial charge in [-0.15, -0.1) is 5.92 Å². The maximum absolute atomic E-state index is 5.13. The van der Waals surface area contributed by atoms with Gasteiger partial charge in [-0.25, -0.2) is 0 Å². The molecule has 0 aromatic heterocycles. The normalized spacial score (nSPS) is 23.7. The van der Waals surface area contributed by atoms with Crippen LogP contribution in [0, 0.1) is 18.8 Å². The quantitative estimate of drug-likeness (QED) is 0.578. The summed E-state index contributed by atoms with van der Waals surface area (Å²) in [6.07, 6.45) is 2.51. The van der Waals surface area contributed by atoms with Crippen molar-refractivity contribution in [2.75, 3.05) is 26.8 Å². The molecule has 0 N–H and O–H groups in total. The van der Waals surface area contributed by atoms with E-state index in [1.807, 2.05) is 0 Å². The van der Waals surface area contributed by atoms with Crippen molar-refractivity contribution in [3.8, 4) is 11.8 Å². The van der Waals surface area contributed by atoms with E-state index in [0.29, 0.717) is 6.04 Å². The fraction of sp³-hybridized carbons (Fsp3) is 0.700. The van der Waals surface area contributed by atoms with Crippen LogP contribution >= 0.6 is 0 Å². The Balaban J connectivity index is 2.33. The topological polar surface area (TPSA) is 12.5 Å². The number of nitrogens with zero attached hydrogens (tertiary/aromatic N) is 1. The molecule has 0 aromatic carbocycles. The number of rotatable bonds is 3. The van der Waals surface area contributed by atoms with E-state index in [4.69, 9.17) is 4.74 Å². The molecule has 1 fully saturated rings. The Kier molecular flexibility index (Phi) is 4.13. The van der Waals surface area contributed by atoms with Crippen LogP contribution < -0.4 is 0 Å². The van der Waals surface area contributed by atoms with Crippen molar-refractivity contribution < 1.29 is 4.74 Å². The Morgan fingerprint density at radius 2 is 2.50 bits per heavy atom. The minimum Gasteiger partial charge on any atom is -0.383 e. The Hall–Kier alpha value is -0.520. The third-order valence-corrected chi connectivity index (χ3v) is 2.27. The third kappa shape index (κ3) is 2.51. The van der Waals surface area contributed by atoms with Gasteiger partial charge in [-0.1, -0.05) is 5.92 Å². The molecule has 1 unspecified atom stereocenters. The van der Waals surface area contributed by atoms with Crippen molar-refractivity contribution in [1.29, 1.82) is 0 Å². The molecule has 1 aliphatic rings. The lowest BCUT2D eigenvalue weighted by Crippen LogP contribution is -2.33. The highest BCUT2D eigenvalue weighted by Crippen LogP contribution is 2.16. The van der Waals surface area contributed by atoms with Crippen molar-refractivity contribution in [3.05, 3.63) is 6.92 Å². The van der Waals surface area contributed by atoms with E-state index >= 15 is 0 Å². The maximum Gasteiger partial charge on any atom is 0.0618 e. The number of ether oxygens (including phenoxy) is 1. The van der Waals surface area contributed by atoms with Gasteiger partial charge in [0, 0.05) is 20.1 Å². The molecule has 2 nitrogen and oxygen atoms in total. The van der Waals surface area contributed by atoms with Crippen molar-refractivity contribution in [3.63, 3.8) is 0 Å². The Bertz CT molecular complexity index is 180. The van der Waals surface area contributed by atoms with Gasteiger partial charge >= 0.3 is 0 Å². The zero-order valence-corrected chi connectivity index (χ0v) is 7.68. The standard InChI is InChI=1S/C10H16NO/c1-3-4-7-11-8-5-6-10(11)9-12-2/h10H,1,5-9H2,2H3. The summed E-state index contributed by atoms with van der Waals surface area (Å²) in [5, 5.41) is 0. The Morgan fingerprint density at radius 3 is 3.17 bits per heavy atom. The molecule has 1 saturated heterocycles. The average Bonchev–Trinajstić information content (AvgIpc) is 2.50. The van der Waals surface area contributed by atoms with Crippen LogP contribution in [0.3, 0.4) is 0 Å². The molecular weight excluding hydrogens is 150 g/mol. The predicted octanol–water partition coefficient (Wildman–Crippen LogP) is 0.935. The first-order chi connectivity index (χ1) is 5.88. The van der Waals surface area contributed by atoms with Gasteiger partial charge in [0.1, 0.15) is 0 Å². The largest absolute Gasteiger partial charge is 0.383 e. The fourth-order valence-corrected chi connectivity index (χ4v) is 1.64. The molecule has 1 heterocycles. The molecular formula is C10H16NO. The van der Waals surface area contributed by atoms with E-state index in [9.17, 15) is 0 Å². The molecule has 1 radical (unpaired) electrons. The van der Waals surface area contributed by atoms with Gasteiger partial charge in [-0.2, -0.15) is 0 Å². The molecule has 1 atom stereocenters. The summed E-state index contributed by atoms with van der Waals surface area (Å²) >= 11 is 0. The lowest BCUT2D eigenvalue weighted by molar-refractivity contribution is 0.123. The molecule has 67 valence electrons. The van der Waals surface area contributed by atoms with Crippen LogP contribution in [0.4, 0.5) is 0 Å². The Morgan fingerprint density at radius 1 is 1.67 bits per heavy atom. The van der Waals surface area contributed by atoms with Crippen LogP contribution in [0.1, 0.15) is 12.8 Å². The van der Waals surface area contributed by atoms with Crippen molar-refractivity contribution in [2.24, 2.45) is 0 Å². The van der Waals surface area contributed by atoms with Crippen LogP contribution in [0.25, 0.3) is 0 Å². The van der Waals surface area contributed by atoms with Crippen molar-refractivity contribution in [2.45, 2.75) is 18.9 Å². The van der Waals surface area contributed by atoms with Crippen molar-refractivity contribution >= 4 is 0 Å². The van der Waals surface area contributed by atoms with Crippen LogP contribution in [0.2, 0.25) is 0 Å². The number of methoxy groups -OCH3 is 1. The molecule has 1 rings (SSSR count). The summed E-state index contributed by atoms with van der Waals surface area (Å²) in [5.74, 6) is 5.66. The summed E-state index contributed by atoms with van der Waals surface area (Å²) < 4.78 is 5.13.